The van der Waals surface area contributed by atoms with Gasteiger partial charge in [0.05, 0.1) is 16.0 Å². The molecular formula is C10H8Cl2N4O. The highest BCUT2D eigenvalue weighted by atomic mass is 35.5. The Kier molecular flexibility index (Phi) is 2.74. The van der Waals surface area contributed by atoms with E-state index in [0.717, 1.165) is 13.1 Å². The lowest BCUT2D eigenvalue weighted by atomic mass is 10.0. The van der Waals surface area contributed by atoms with Gasteiger partial charge in [0.25, 0.3) is 0 Å². The molecule has 1 fully saturated rings. The molecule has 1 N–H and O–H groups in total. The van der Waals surface area contributed by atoms with E-state index in [4.69, 9.17) is 27.7 Å². The third-order valence-electron chi connectivity index (χ3n) is 2.59. The van der Waals surface area contributed by atoms with E-state index in [1.165, 1.54) is 6.20 Å². The highest BCUT2D eigenvalue weighted by Crippen LogP contribution is 2.27. The van der Waals surface area contributed by atoms with Gasteiger partial charge in [-0.2, -0.15) is 4.98 Å². The molecule has 0 radical (unpaired) electrons. The molecule has 88 valence electrons. The summed E-state index contributed by atoms with van der Waals surface area (Å²) >= 11 is 11.8. The number of rotatable bonds is 2. The molecule has 0 spiro atoms. The second kappa shape index (κ2) is 4.25. The number of pyridine rings is 1. The molecule has 2 aromatic rings. The number of hydrogen-bond donors (Lipinski definition) is 1. The molecule has 3 rings (SSSR count). The number of nitrogens with one attached hydrogen (secondary N) is 1. The lowest BCUT2D eigenvalue weighted by Crippen LogP contribution is -2.40. The van der Waals surface area contributed by atoms with E-state index in [-0.39, 0.29) is 0 Å². The molecule has 17 heavy (non-hydrogen) atoms. The summed E-state index contributed by atoms with van der Waals surface area (Å²) in [5.41, 5.74) is 0.485. The molecule has 0 unspecified atom stereocenters. The van der Waals surface area contributed by atoms with Crippen molar-refractivity contribution in [2.24, 2.45) is 0 Å². The standard InChI is InChI=1S/C10H8Cl2N4O/c11-6-1-7(12)8(14-4-6)9-15-10(17-16-9)5-2-13-3-5/h1,4-5,13H,2-3H2. The zero-order valence-corrected chi connectivity index (χ0v) is 10.2. The van der Waals surface area contributed by atoms with Crippen LogP contribution in [-0.4, -0.2) is 28.2 Å². The minimum absolute atomic E-state index is 0.294. The number of nitrogens with zero attached hydrogens (tertiary/aromatic N) is 3. The molecule has 0 bridgehead atoms. The summed E-state index contributed by atoms with van der Waals surface area (Å²) in [5, 5.41) is 7.91. The summed E-state index contributed by atoms with van der Waals surface area (Å²) in [7, 11) is 0. The van der Waals surface area contributed by atoms with Crippen LogP contribution >= 0.6 is 23.2 Å². The van der Waals surface area contributed by atoms with Gasteiger partial charge >= 0.3 is 0 Å². The van der Waals surface area contributed by atoms with Crippen LogP contribution in [0.15, 0.2) is 16.8 Å². The van der Waals surface area contributed by atoms with Gasteiger partial charge in [-0.3, -0.25) is 0 Å². The first-order chi connectivity index (χ1) is 8.24. The van der Waals surface area contributed by atoms with Crippen molar-refractivity contribution in [3.8, 4) is 11.5 Å². The van der Waals surface area contributed by atoms with E-state index in [0.29, 0.717) is 33.4 Å². The molecule has 5 nitrogen and oxygen atoms in total. The summed E-state index contributed by atoms with van der Waals surface area (Å²) in [6.07, 6.45) is 1.50. The van der Waals surface area contributed by atoms with Gasteiger partial charge in [-0.15, -0.1) is 0 Å². The summed E-state index contributed by atoms with van der Waals surface area (Å²) in [4.78, 5) is 8.39. The highest BCUT2D eigenvalue weighted by molar-refractivity contribution is 6.35. The molecular weight excluding hydrogens is 263 g/mol. The van der Waals surface area contributed by atoms with Crippen molar-refractivity contribution in [2.75, 3.05) is 13.1 Å². The van der Waals surface area contributed by atoms with E-state index >= 15 is 0 Å². The van der Waals surface area contributed by atoms with Gasteiger partial charge in [-0.25, -0.2) is 4.98 Å². The maximum atomic E-state index is 6.02. The Labute approximate surface area is 107 Å². The van der Waals surface area contributed by atoms with Crippen molar-refractivity contribution in [2.45, 2.75) is 5.92 Å². The fourth-order valence-electron chi connectivity index (χ4n) is 1.54. The van der Waals surface area contributed by atoms with Crippen LogP contribution < -0.4 is 5.32 Å². The lowest BCUT2D eigenvalue weighted by Gasteiger charge is -2.22. The van der Waals surface area contributed by atoms with Crippen LogP contribution in [-0.2, 0) is 0 Å². The number of halogens is 2. The van der Waals surface area contributed by atoms with Crippen molar-refractivity contribution < 1.29 is 4.52 Å². The highest BCUT2D eigenvalue weighted by Gasteiger charge is 2.26. The Bertz CT molecular complexity index is 553. The molecule has 0 saturated carbocycles. The van der Waals surface area contributed by atoms with Crippen molar-refractivity contribution >= 4 is 23.2 Å². The zero-order valence-electron chi connectivity index (χ0n) is 8.65. The van der Waals surface area contributed by atoms with Gasteiger partial charge in [0.1, 0.15) is 5.69 Å². The quantitative estimate of drug-likeness (QED) is 0.906. The van der Waals surface area contributed by atoms with Crippen LogP contribution in [0.5, 0.6) is 0 Å². The van der Waals surface area contributed by atoms with Crippen molar-refractivity contribution in [1.29, 1.82) is 0 Å². The first kappa shape index (κ1) is 11.0. The van der Waals surface area contributed by atoms with Gasteiger partial charge in [0.15, 0.2) is 0 Å². The van der Waals surface area contributed by atoms with Crippen LogP contribution in [0.4, 0.5) is 0 Å². The van der Waals surface area contributed by atoms with E-state index in [2.05, 4.69) is 20.4 Å². The number of aromatic nitrogens is 3. The fourth-order valence-corrected chi connectivity index (χ4v) is 2.00. The first-order valence-electron chi connectivity index (χ1n) is 5.10. The van der Waals surface area contributed by atoms with Crippen molar-refractivity contribution in [3.63, 3.8) is 0 Å². The largest absolute Gasteiger partial charge is 0.339 e. The Balaban J connectivity index is 1.94. The van der Waals surface area contributed by atoms with Gasteiger partial charge in [0, 0.05) is 19.3 Å². The van der Waals surface area contributed by atoms with Crippen molar-refractivity contribution in [3.05, 3.63) is 28.2 Å². The summed E-state index contributed by atoms with van der Waals surface area (Å²) in [6.45, 7) is 1.73. The first-order valence-corrected chi connectivity index (χ1v) is 5.85. The number of hydrogen-bond acceptors (Lipinski definition) is 5. The van der Waals surface area contributed by atoms with E-state index in [9.17, 15) is 0 Å². The molecule has 3 heterocycles. The maximum Gasteiger partial charge on any atom is 0.232 e. The predicted octanol–water partition coefficient (Wildman–Crippen LogP) is 2.13. The zero-order chi connectivity index (χ0) is 11.8. The molecule has 0 amide bonds. The molecule has 1 saturated heterocycles. The van der Waals surface area contributed by atoms with Gasteiger partial charge < -0.3 is 9.84 Å². The molecule has 0 aliphatic carbocycles. The Morgan fingerprint density at radius 1 is 1.35 bits per heavy atom. The van der Waals surface area contributed by atoms with Gasteiger partial charge in [0.2, 0.25) is 11.7 Å². The molecule has 2 aromatic heterocycles. The smallest absolute Gasteiger partial charge is 0.232 e. The lowest BCUT2D eigenvalue weighted by molar-refractivity contribution is 0.308. The monoisotopic (exact) mass is 270 g/mol. The topological polar surface area (TPSA) is 63.8 Å². The van der Waals surface area contributed by atoms with E-state index in [1.54, 1.807) is 6.07 Å². The molecule has 1 aliphatic heterocycles. The maximum absolute atomic E-state index is 6.02. The normalized spacial score (nSPS) is 15.9. The second-order valence-corrected chi connectivity index (χ2v) is 4.64. The minimum atomic E-state index is 0.294. The minimum Gasteiger partial charge on any atom is -0.339 e. The summed E-state index contributed by atoms with van der Waals surface area (Å²) in [6, 6.07) is 1.60. The third-order valence-corrected chi connectivity index (χ3v) is 3.09. The van der Waals surface area contributed by atoms with Crippen LogP contribution in [0.3, 0.4) is 0 Å². The average Bonchev–Trinajstić information content (AvgIpc) is 2.64. The van der Waals surface area contributed by atoms with Crippen LogP contribution in [0.1, 0.15) is 11.8 Å². The Morgan fingerprint density at radius 3 is 2.82 bits per heavy atom. The van der Waals surface area contributed by atoms with Crippen molar-refractivity contribution in [1.82, 2.24) is 20.4 Å². The van der Waals surface area contributed by atoms with E-state index in [1.807, 2.05) is 0 Å². The summed E-state index contributed by atoms with van der Waals surface area (Å²) < 4.78 is 5.18. The molecule has 0 aromatic carbocycles. The predicted molar refractivity (Wildman–Crippen MR) is 63.2 cm³/mol. The Hall–Kier alpha value is -1.17. The molecule has 1 aliphatic rings. The Morgan fingerprint density at radius 2 is 2.18 bits per heavy atom. The fraction of sp³-hybridized carbons (Fsp3) is 0.300. The van der Waals surface area contributed by atoms with Gasteiger partial charge in [-0.05, 0) is 6.07 Å². The second-order valence-electron chi connectivity index (χ2n) is 3.80. The average molecular weight is 271 g/mol. The van der Waals surface area contributed by atoms with Crippen LogP contribution in [0, 0.1) is 0 Å². The van der Waals surface area contributed by atoms with Crippen LogP contribution in [0.2, 0.25) is 10.0 Å². The molecule has 0 atom stereocenters. The summed E-state index contributed by atoms with van der Waals surface area (Å²) in [5.74, 6) is 1.31. The van der Waals surface area contributed by atoms with E-state index < -0.39 is 0 Å². The SMILES string of the molecule is Clc1cnc(-c2noc(C3CNC3)n2)c(Cl)c1. The van der Waals surface area contributed by atoms with Crippen LogP contribution in [0.25, 0.3) is 11.5 Å². The van der Waals surface area contributed by atoms with Gasteiger partial charge in [-0.1, -0.05) is 28.4 Å². The third kappa shape index (κ3) is 2.01. The molecule has 7 heteroatoms.